The number of ether oxygens (including phenoxy) is 1. The minimum atomic E-state index is -0.430. The number of aromatic nitrogens is 1. The molecular weight excluding hydrogens is 432 g/mol. The topological polar surface area (TPSA) is 65.3 Å². The van der Waals surface area contributed by atoms with Gasteiger partial charge in [-0.2, -0.15) is 4.73 Å². The molecule has 0 fully saturated rings. The Morgan fingerprint density at radius 3 is 2.41 bits per heavy atom. The molecule has 0 saturated heterocycles. The second-order valence-corrected chi connectivity index (χ2v) is 7.54. The van der Waals surface area contributed by atoms with Gasteiger partial charge in [-0.05, 0) is 36.5 Å². The number of hydrogen-bond acceptors (Lipinski definition) is 3. The van der Waals surface area contributed by atoms with Crippen LogP contribution >= 0.6 is 27.5 Å². The summed E-state index contributed by atoms with van der Waals surface area (Å²) in [5.74, 6) is -0.223. The summed E-state index contributed by atoms with van der Waals surface area (Å²) in [5, 5.41) is 15.5. The molecule has 0 unspecified atom stereocenters. The standard InChI is InChI=1S/C20H24BrClN2O3/c1-7-13-9-10(3)16(21)14(8-2)18(13)23-20(25)15-11(4)24(26)12(5)19(27-6)17(15)22/h9H,7-8H2,1-6H3,(H,23,25). The Hall–Kier alpha value is -1.79. The molecule has 0 bridgehead atoms. The van der Waals surface area contributed by atoms with E-state index in [1.807, 2.05) is 20.8 Å². The van der Waals surface area contributed by atoms with Crippen molar-refractivity contribution < 1.29 is 14.3 Å². The first-order chi connectivity index (χ1) is 12.7. The van der Waals surface area contributed by atoms with Gasteiger partial charge in [0, 0.05) is 24.0 Å². The lowest BCUT2D eigenvalue weighted by Crippen LogP contribution is -2.37. The molecule has 0 aliphatic rings. The highest BCUT2D eigenvalue weighted by Gasteiger charge is 2.28. The third-order valence-electron chi connectivity index (χ3n) is 4.75. The van der Waals surface area contributed by atoms with Crippen molar-refractivity contribution >= 4 is 39.1 Å². The van der Waals surface area contributed by atoms with Crippen LogP contribution in [-0.2, 0) is 12.8 Å². The maximum Gasteiger partial charge on any atom is 0.263 e. The van der Waals surface area contributed by atoms with E-state index >= 15 is 0 Å². The van der Waals surface area contributed by atoms with Crippen LogP contribution < -0.4 is 14.8 Å². The van der Waals surface area contributed by atoms with E-state index in [9.17, 15) is 10.0 Å². The quantitative estimate of drug-likeness (QED) is 0.507. The number of anilines is 1. The summed E-state index contributed by atoms with van der Waals surface area (Å²) < 4.78 is 6.88. The molecule has 1 heterocycles. The van der Waals surface area contributed by atoms with Crippen molar-refractivity contribution in [2.45, 2.75) is 47.5 Å². The first kappa shape index (κ1) is 21.5. The second kappa shape index (κ2) is 8.48. The molecule has 0 spiro atoms. The van der Waals surface area contributed by atoms with Crippen LogP contribution in [0.25, 0.3) is 0 Å². The molecule has 1 aromatic carbocycles. The number of rotatable bonds is 5. The van der Waals surface area contributed by atoms with Gasteiger partial charge in [0.25, 0.3) is 5.91 Å². The molecule has 5 nitrogen and oxygen atoms in total. The van der Waals surface area contributed by atoms with E-state index in [-0.39, 0.29) is 22.0 Å². The van der Waals surface area contributed by atoms with E-state index in [2.05, 4.69) is 27.3 Å². The van der Waals surface area contributed by atoms with Crippen LogP contribution in [0.2, 0.25) is 5.02 Å². The highest BCUT2D eigenvalue weighted by Crippen LogP contribution is 2.35. The number of halogens is 2. The van der Waals surface area contributed by atoms with E-state index in [4.69, 9.17) is 16.3 Å². The minimum absolute atomic E-state index is 0.120. The van der Waals surface area contributed by atoms with Crippen molar-refractivity contribution in [2.75, 3.05) is 12.4 Å². The fourth-order valence-electron chi connectivity index (χ4n) is 3.26. The Kier molecular flexibility index (Phi) is 6.76. The molecule has 1 amide bonds. The maximum absolute atomic E-state index is 13.1. The fourth-order valence-corrected chi connectivity index (χ4v) is 4.29. The van der Waals surface area contributed by atoms with Gasteiger partial charge in [-0.25, -0.2) is 0 Å². The number of carbonyl (C=O) groups excluding carboxylic acids is 1. The Balaban J connectivity index is 2.63. The molecule has 27 heavy (non-hydrogen) atoms. The SMILES string of the molecule is CCc1cc(C)c(Br)c(CC)c1NC(=O)c1c(Cl)c(OC)c(C)[n+]([O-])c1C. The van der Waals surface area contributed by atoms with Gasteiger partial charge in [-0.1, -0.05) is 47.4 Å². The lowest BCUT2D eigenvalue weighted by molar-refractivity contribution is -0.619. The summed E-state index contributed by atoms with van der Waals surface area (Å²) in [6, 6.07) is 2.05. The first-order valence-electron chi connectivity index (χ1n) is 8.77. The van der Waals surface area contributed by atoms with Crippen LogP contribution in [0.1, 0.15) is 52.3 Å². The van der Waals surface area contributed by atoms with Crippen LogP contribution in [0.15, 0.2) is 10.5 Å². The maximum atomic E-state index is 13.1. The van der Waals surface area contributed by atoms with Crippen molar-refractivity contribution in [3.8, 4) is 5.75 Å². The minimum Gasteiger partial charge on any atom is -0.618 e. The van der Waals surface area contributed by atoms with Gasteiger partial charge < -0.3 is 15.3 Å². The number of pyridine rings is 1. The molecule has 0 radical (unpaired) electrons. The lowest BCUT2D eigenvalue weighted by atomic mass is 9.99. The molecule has 0 aliphatic carbocycles. The summed E-state index contributed by atoms with van der Waals surface area (Å²) in [5.41, 5.74) is 4.60. The van der Waals surface area contributed by atoms with Gasteiger partial charge in [0.05, 0.1) is 7.11 Å². The zero-order valence-electron chi connectivity index (χ0n) is 16.4. The molecule has 1 aromatic heterocycles. The van der Waals surface area contributed by atoms with Crippen molar-refractivity contribution in [3.63, 3.8) is 0 Å². The van der Waals surface area contributed by atoms with Crippen molar-refractivity contribution in [1.29, 1.82) is 0 Å². The normalized spacial score (nSPS) is 10.8. The summed E-state index contributed by atoms with van der Waals surface area (Å²) in [6.45, 7) is 9.28. The molecular formula is C20H24BrClN2O3. The largest absolute Gasteiger partial charge is 0.618 e. The monoisotopic (exact) mass is 454 g/mol. The smallest absolute Gasteiger partial charge is 0.263 e. The molecule has 0 saturated carbocycles. The number of carbonyl (C=O) groups is 1. The Morgan fingerprint density at radius 2 is 1.89 bits per heavy atom. The Bertz CT molecular complexity index is 913. The summed E-state index contributed by atoms with van der Waals surface area (Å²) in [6.07, 6.45) is 1.51. The Morgan fingerprint density at radius 1 is 1.26 bits per heavy atom. The van der Waals surface area contributed by atoms with E-state index < -0.39 is 5.91 Å². The highest BCUT2D eigenvalue weighted by atomic mass is 79.9. The van der Waals surface area contributed by atoms with Gasteiger partial charge in [-0.15, -0.1) is 0 Å². The average Bonchev–Trinajstić information content (AvgIpc) is 2.63. The number of nitrogens with one attached hydrogen (secondary N) is 1. The number of hydrogen-bond donors (Lipinski definition) is 1. The number of benzene rings is 1. The van der Waals surface area contributed by atoms with Gasteiger partial charge in [0.1, 0.15) is 10.6 Å². The molecule has 146 valence electrons. The molecule has 0 aliphatic heterocycles. The second-order valence-electron chi connectivity index (χ2n) is 6.37. The van der Waals surface area contributed by atoms with Gasteiger partial charge >= 0.3 is 0 Å². The van der Waals surface area contributed by atoms with E-state index in [0.717, 1.165) is 39.7 Å². The van der Waals surface area contributed by atoms with Crippen LogP contribution in [0, 0.1) is 26.0 Å². The van der Waals surface area contributed by atoms with E-state index in [1.54, 1.807) is 13.8 Å². The van der Waals surface area contributed by atoms with Crippen LogP contribution in [0.5, 0.6) is 5.75 Å². The van der Waals surface area contributed by atoms with Gasteiger partial charge in [0.2, 0.25) is 17.1 Å². The lowest BCUT2D eigenvalue weighted by Gasteiger charge is -2.19. The summed E-state index contributed by atoms with van der Waals surface area (Å²) in [7, 11) is 1.42. The third-order valence-corrected chi connectivity index (χ3v) is 6.21. The van der Waals surface area contributed by atoms with Crippen LogP contribution in [0.4, 0.5) is 5.69 Å². The number of amides is 1. The molecule has 2 aromatic rings. The number of nitrogens with zero attached hydrogens (tertiary/aromatic N) is 1. The van der Waals surface area contributed by atoms with Crippen molar-refractivity contribution in [3.05, 3.63) is 54.4 Å². The third kappa shape index (κ3) is 3.78. The predicted octanol–water partition coefficient (Wildman–Crippen LogP) is 5.05. The zero-order valence-corrected chi connectivity index (χ0v) is 18.8. The Labute approximate surface area is 173 Å². The van der Waals surface area contributed by atoms with E-state index in [1.165, 1.54) is 7.11 Å². The average molecular weight is 456 g/mol. The summed E-state index contributed by atoms with van der Waals surface area (Å²) >= 11 is 10.0. The molecule has 1 N–H and O–H groups in total. The van der Waals surface area contributed by atoms with Crippen molar-refractivity contribution in [1.82, 2.24) is 0 Å². The van der Waals surface area contributed by atoms with Gasteiger partial charge in [0.15, 0.2) is 0 Å². The summed E-state index contributed by atoms with van der Waals surface area (Å²) in [4.78, 5) is 13.1. The van der Waals surface area contributed by atoms with E-state index in [0.29, 0.717) is 10.4 Å². The fraction of sp³-hybridized carbons (Fsp3) is 0.400. The molecule has 7 heteroatoms. The number of methoxy groups -OCH3 is 1. The molecule has 0 atom stereocenters. The van der Waals surface area contributed by atoms with Crippen molar-refractivity contribution in [2.24, 2.45) is 0 Å². The molecule has 2 rings (SSSR count). The van der Waals surface area contributed by atoms with Crippen LogP contribution in [0.3, 0.4) is 0 Å². The predicted molar refractivity (Wildman–Crippen MR) is 112 cm³/mol. The van der Waals surface area contributed by atoms with Crippen LogP contribution in [-0.4, -0.2) is 13.0 Å². The van der Waals surface area contributed by atoms with Gasteiger partial charge in [-0.3, -0.25) is 4.79 Å². The highest BCUT2D eigenvalue weighted by molar-refractivity contribution is 9.10. The first-order valence-corrected chi connectivity index (χ1v) is 9.94. The number of aryl methyl sites for hydroxylation is 2. The zero-order chi connectivity index (χ0) is 20.5.